The van der Waals surface area contributed by atoms with Crippen LogP contribution in [-0.2, 0) is 4.74 Å². The average Bonchev–Trinajstić information content (AvgIpc) is 2.78. The van der Waals surface area contributed by atoms with E-state index >= 15 is 0 Å². The number of hydrogen-bond acceptors (Lipinski definition) is 4. The number of urea groups is 1. The van der Waals surface area contributed by atoms with Gasteiger partial charge >= 0.3 is 6.03 Å². The van der Waals surface area contributed by atoms with Crippen LogP contribution in [0.5, 0.6) is 0 Å². The van der Waals surface area contributed by atoms with Crippen molar-refractivity contribution in [2.75, 3.05) is 48.9 Å². The van der Waals surface area contributed by atoms with Crippen LogP contribution in [0.4, 0.5) is 21.9 Å². The number of carbonyl (C=O) groups excluding carboxylic acids is 2. The average molecular weight is 489 g/mol. The lowest BCUT2D eigenvalue weighted by Crippen LogP contribution is -2.33. The highest BCUT2D eigenvalue weighted by molar-refractivity contribution is 9.10. The normalized spacial score (nSPS) is 13.5. The number of methoxy groups -OCH3 is 1. The maximum atomic E-state index is 12.9. The van der Waals surface area contributed by atoms with E-state index in [1.54, 1.807) is 13.2 Å². The minimum atomic E-state index is -0.362. The van der Waals surface area contributed by atoms with E-state index in [1.807, 2.05) is 36.4 Å². The van der Waals surface area contributed by atoms with Gasteiger partial charge in [-0.2, -0.15) is 0 Å². The predicted molar refractivity (Wildman–Crippen MR) is 128 cm³/mol. The van der Waals surface area contributed by atoms with Crippen LogP contribution in [0.15, 0.2) is 46.9 Å². The van der Waals surface area contributed by atoms with Crippen LogP contribution >= 0.6 is 15.9 Å². The summed E-state index contributed by atoms with van der Waals surface area (Å²) in [5.74, 6) is -0.145. The lowest BCUT2D eigenvalue weighted by atomic mass is 10.1. The summed E-state index contributed by atoms with van der Waals surface area (Å²) >= 11 is 3.38. The van der Waals surface area contributed by atoms with Crippen molar-refractivity contribution >= 4 is 44.9 Å². The molecule has 1 saturated heterocycles. The third-order valence-electron chi connectivity index (χ3n) is 5.11. The Morgan fingerprint density at radius 3 is 2.39 bits per heavy atom. The number of piperidine rings is 1. The molecule has 0 atom stereocenters. The second kappa shape index (κ2) is 11.7. The second-order valence-corrected chi connectivity index (χ2v) is 8.38. The van der Waals surface area contributed by atoms with Crippen molar-refractivity contribution in [1.29, 1.82) is 0 Å². The molecule has 0 bridgehead atoms. The first kappa shape index (κ1) is 23.1. The number of amides is 3. The summed E-state index contributed by atoms with van der Waals surface area (Å²) in [7, 11) is 1.64. The first-order valence-electron chi connectivity index (χ1n) is 10.6. The van der Waals surface area contributed by atoms with Crippen LogP contribution < -0.4 is 20.9 Å². The fourth-order valence-corrected chi connectivity index (χ4v) is 3.81. The Morgan fingerprint density at radius 1 is 1.00 bits per heavy atom. The molecule has 166 valence electrons. The van der Waals surface area contributed by atoms with Crippen molar-refractivity contribution in [2.24, 2.45) is 0 Å². The Labute approximate surface area is 191 Å². The summed E-state index contributed by atoms with van der Waals surface area (Å²) in [5, 5.41) is 8.58. The molecule has 0 spiro atoms. The Bertz CT molecular complexity index is 883. The zero-order valence-corrected chi connectivity index (χ0v) is 19.3. The molecule has 1 fully saturated rings. The standard InChI is InChI=1S/C23H29BrN4O3/c1-31-15-5-12-25-22(29)20-16-19(10-11-21(20)28-13-3-2-4-14-28)27-23(30)26-18-8-6-17(24)7-9-18/h6-11,16H,2-5,12-15H2,1H3,(H,25,29)(H2,26,27,30). The molecule has 31 heavy (non-hydrogen) atoms. The number of hydrogen-bond donors (Lipinski definition) is 3. The largest absolute Gasteiger partial charge is 0.385 e. The van der Waals surface area contributed by atoms with Crippen molar-refractivity contribution < 1.29 is 14.3 Å². The molecule has 0 saturated carbocycles. The Balaban J connectivity index is 1.73. The topological polar surface area (TPSA) is 82.7 Å². The van der Waals surface area contributed by atoms with Crippen LogP contribution in [0.3, 0.4) is 0 Å². The third-order valence-corrected chi connectivity index (χ3v) is 5.64. The number of nitrogens with one attached hydrogen (secondary N) is 3. The van der Waals surface area contributed by atoms with E-state index < -0.39 is 0 Å². The minimum absolute atomic E-state index is 0.145. The Hall–Kier alpha value is -2.58. The van der Waals surface area contributed by atoms with Gasteiger partial charge < -0.3 is 25.6 Å². The lowest BCUT2D eigenvalue weighted by molar-refractivity contribution is 0.0949. The van der Waals surface area contributed by atoms with E-state index in [1.165, 1.54) is 6.42 Å². The first-order valence-corrected chi connectivity index (χ1v) is 11.4. The maximum Gasteiger partial charge on any atom is 0.323 e. The molecule has 3 N–H and O–H groups in total. The summed E-state index contributed by atoms with van der Waals surface area (Å²) in [4.78, 5) is 27.6. The van der Waals surface area contributed by atoms with E-state index in [-0.39, 0.29) is 11.9 Å². The summed E-state index contributed by atoms with van der Waals surface area (Å²) in [6.07, 6.45) is 4.19. The number of halogens is 1. The lowest BCUT2D eigenvalue weighted by Gasteiger charge is -2.30. The molecule has 1 aliphatic heterocycles. The third kappa shape index (κ3) is 6.97. The highest BCUT2D eigenvalue weighted by atomic mass is 79.9. The predicted octanol–water partition coefficient (Wildman–Crippen LogP) is 4.85. The molecule has 1 heterocycles. The van der Waals surface area contributed by atoms with Crippen LogP contribution in [-0.4, -0.2) is 45.3 Å². The zero-order chi connectivity index (χ0) is 22.1. The van der Waals surface area contributed by atoms with Gasteiger partial charge in [-0.15, -0.1) is 0 Å². The van der Waals surface area contributed by atoms with Gasteiger partial charge in [0.15, 0.2) is 0 Å². The van der Waals surface area contributed by atoms with Gasteiger partial charge in [0.05, 0.1) is 5.56 Å². The molecule has 2 aromatic carbocycles. The van der Waals surface area contributed by atoms with Crippen LogP contribution in [0.25, 0.3) is 0 Å². The number of nitrogens with zero attached hydrogens (tertiary/aromatic N) is 1. The number of anilines is 3. The number of rotatable bonds is 8. The van der Waals surface area contributed by atoms with Gasteiger partial charge in [0.2, 0.25) is 0 Å². The van der Waals surface area contributed by atoms with Crippen LogP contribution in [0, 0.1) is 0 Å². The Kier molecular flexibility index (Phi) is 8.73. The van der Waals surface area contributed by atoms with Crippen molar-refractivity contribution in [3.05, 3.63) is 52.5 Å². The van der Waals surface area contributed by atoms with E-state index in [4.69, 9.17) is 4.74 Å². The van der Waals surface area contributed by atoms with Gasteiger partial charge in [-0.25, -0.2) is 4.79 Å². The van der Waals surface area contributed by atoms with E-state index in [0.29, 0.717) is 30.1 Å². The van der Waals surface area contributed by atoms with Crippen LogP contribution in [0.1, 0.15) is 36.0 Å². The number of carbonyl (C=O) groups is 2. The summed E-state index contributed by atoms with van der Waals surface area (Å²) in [5.41, 5.74) is 2.72. The SMILES string of the molecule is COCCCNC(=O)c1cc(NC(=O)Nc2ccc(Br)cc2)ccc1N1CCCCC1. The van der Waals surface area contributed by atoms with Gasteiger partial charge in [0.25, 0.3) is 5.91 Å². The number of ether oxygens (including phenoxy) is 1. The number of benzene rings is 2. The molecule has 3 amide bonds. The van der Waals surface area contributed by atoms with Gasteiger partial charge in [0.1, 0.15) is 0 Å². The molecule has 0 unspecified atom stereocenters. The summed E-state index contributed by atoms with van der Waals surface area (Å²) in [6, 6.07) is 12.5. The molecule has 8 heteroatoms. The van der Waals surface area contributed by atoms with Gasteiger partial charge in [-0.05, 0) is 68.1 Å². The molecule has 0 aliphatic carbocycles. The quantitative estimate of drug-likeness (QED) is 0.463. The van der Waals surface area contributed by atoms with E-state index in [2.05, 4.69) is 36.8 Å². The van der Waals surface area contributed by atoms with Crippen molar-refractivity contribution in [3.63, 3.8) is 0 Å². The fourth-order valence-electron chi connectivity index (χ4n) is 3.55. The molecular weight excluding hydrogens is 460 g/mol. The monoisotopic (exact) mass is 488 g/mol. The molecule has 7 nitrogen and oxygen atoms in total. The van der Waals surface area contributed by atoms with E-state index in [0.717, 1.165) is 42.5 Å². The maximum absolute atomic E-state index is 12.9. The molecule has 3 rings (SSSR count). The summed E-state index contributed by atoms with van der Waals surface area (Å²) in [6.45, 7) is 2.99. The fraction of sp³-hybridized carbons (Fsp3) is 0.391. The van der Waals surface area contributed by atoms with E-state index in [9.17, 15) is 9.59 Å². The molecule has 0 aromatic heterocycles. The van der Waals surface area contributed by atoms with Gasteiger partial charge in [-0.1, -0.05) is 15.9 Å². The highest BCUT2D eigenvalue weighted by Gasteiger charge is 2.19. The smallest absolute Gasteiger partial charge is 0.323 e. The van der Waals surface area contributed by atoms with Crippen molar-refractivity contribution in [3.8, 4) is 0 Å². The van der Waals surface area contributed by atoms with Gasteiger partial charge in [0, 0.05) is 54.9 Å². The second-order valence-electron chi connectivity index (χ2n) is 7.47. The Morgan fingerprint density at radius 2 is 1.68 bits per heavy atom. The zero-order valence-electron chi connectivity index (χ0n) is 17.7. The molecular formula is C23H29BrN4O3. The summed E-state index contributed by atoms with van der Waals surface area (Å²) < 4.78 is 5.99. The molecule has 0 radical (unpaired) electrons. The first-order chi connectivity index (χ1) is 15.1. The highest BCUT2D eigenvalue weighted by Crippen LogP contribution is 2.27. The minimum Gasteiger partial charge on any atom is -0.385 e. The van der Waals surface area contributed by atoms with Crippen LogP contribution in [0.2, 0.25) is 0 Å². The molecule has 2 aromatic rings. The van der Waals surface area contributed by atoms with Crippen molar-refractivity contribution in [1.82, 2.24) is 5.32 Å². The van der Waals surface area contributed by atoms with Crippen molar-refractivity contribution in [2.45, 2.75) is 25.7 Å². The molecule has 1 aliphatic rings. The van der Waals surface area contributed by atoms with Gasteiger partial charge in [-0.3, -0.25) is 4.79 Å².